The molecule has 0 saturated heterocycles. The van der Waals surface area contributed by atoms with Crippen LogP contribution in [0, 0.1) is 0 Å². The Morgan fingerprint density at radius 3 is 2.59 bits per heavy atom. The van der Waals surface area contributed by atoms with E-state index in [2.05, 4.69) is 34.6 Å². The highest BCUT2D eigenvalue weighted by atomic mass is 32.1. The zero-order chi connectivity index (χ0) is 14.9. The number of aliphatic hydroxyl groups is 1. The summed E-state index contributed by atoms with van der Waals surface area (Å²) in [5.74, 6) is 0. The van der Waals surface area contributed by atoms with Crippen molar-refractivity contribution in [1.29, 1.82) is 0 Å². The predicted molar refractivity (Wildman–Crippen MR) is 90.1 cm³/mol. The van der Waals surface area contributed by atoms with Gasteiger partial charge >= 0.3 is 0 Å². The van der Waals surface area contributed by atoms with E-state index in [-0.39, 0.29) is 12.1 Å². The van der Waals surface area contributed by atoms with Gasteiger partial charge in [0.15, 0.2) is 0 Å². The number of aliphatic hydroxyl groups excluding tert-OH is 1. The average molecular weight is 310 g/mol. The van der Waals surface area contributed by atoms with E-state index in [0.29, 0.717) is 6.54 Å². The van der Waals surface area contributed by atoms with Crippen molar-refractivity contribution < 1.29 is 5.11 Å². The first-order valence-electron chi connectivity index (χ1n) is 7.62. The molecule has 0 bridgehead atoms. The Balaban J connectivity index is 1.47. The van der Waals surface area contributed by atoms with Crippen LogP contribution in [0.2, 0.25) is 0 Å². The van der Waals surface area contributed by atoms with Crippen molar-refractivity contribution >= 4 is 21.6 Å². The first kappa shape index (κ1) is 13.9. The lowest BCUT2D eigenvalue weighted by Crippen LogP contribution is -2.45. The molecule has 22 heavy (non-hydrogen) atoms. The van der Waals surface area contributed by atoms with Gasteiger partial charge in [0.1, 0.15) is 5.01 Å². The molecule has 0 unspecified atom stereocenters. The van der Waals surface area contributed by atoms with E-state index < -0.39 is 0 Å². The van der Waals surface area contributed by atoms with Crippen molar-refractivity contribution in [3.63, 3.8) is 0 Å². The third-order valence-corrected chi connectivity index (χ3v) is 5.34. The summed E-state index contributed by atoms with van der Waals surface area (Å²) in [4.78, 5) is 4.64. The maximum atomic E-state index is 10.4. The molecule has 112 valence electrons. The molecule has 4 heteroatoms. The highest BCUT2D eigenvalue weighted by Crippen LogP contribution is 2.24. The minimum absolute atomic E-state index is 0.0990. The number of hydrogen-bond acceptors (Lipinski definition) is 4. The average Bonchev–Trinajstić information content (AvgIpc) is 2.95. The van der Waals surface area contributed by atoms with Crippen LogP contribution >= 0.6 is 11.3 Å². The third kappa shape index (κ3) is 2.65. The normalized spacial score (nSPS) is 21.0. The van der Waals surface area contributed by atoms with Crippen LogP contribution in [0.15, 0.2) is 48.5 Å². The fourth-order valence-corrected chi connectivity index (χ4v) is 4.04. The van der Waals surface area contributed by atoms with Crippen LogP contribution in [-0.4, -0.2) is 22.2 Å². The number of nitrogens with zero attached hydrogens (tertiary/aromatic N) is 1. The van der Waals surface area contributed by atoms with Gasteiger partial charge in [0.25, 0.3) is 0 Å². The number of hydrogen-bond donors (Lipinski definition) is 2. The summed E-state index contributed by atoms with van der Waals surface area (Å²) in [6.07, 6.45) is 1.28. The molecule has 4 rings (SSSR count). The van der Waals surface area contributed by atoms with Gasteiger partial charge in [-0.15, -0.1) is 11.3 Å². The number of benzene rings is 2. The molecule has 2 aromatic carbocycles. The van der Waals surface area contributed by atoms with E-state index in [0.717, 1.165) is 23.4 Å². The van der Waals surface area contributed by atoms with Crippen LogP contribution in [0.25, 0.3) is 10.2 Å². The molecule has 1 aliphatic carbocycles. The van der Waals surface area contributed by atoms with Crippen LogP contribution < -0.4 is 5.32 Å². The lowest BCUT2D eigenvalue weighted by molar-refractivity contribution is 0.118. The topological polar surface area (TPSA) is 45.1 Å². The van der Waals surface area contributed by atoms with E-state index >= 15 is 0 Å². The molecule has 3 aromatic rings. The van der Waals surface area contributed by atoms with Crippen molar-refractivity contribution in [2.24, 2.45) is 0 Å². The fourth-order valence-electron chi connectivity index (χ4n) is 3.12. The molecule has 1 heterocycles. The molecule has 2 N–H and O–H groups in total. The smallest absolute Gasteiger partial charge is 0.108 e. The molecule has 0 fully saturated rings. The van der Waals surface area contributed by atoms with Crippen LogP contribution in [0.1, 0.15) is 16.1 Å². The molecule has 0 spiro atoms. The third-order valence-electron chi connectivity index (χ3n) is 4.31. The van der Waals surface area contributed by atoms with Gasteiger partial charge in [-0.25, -0.2) is 4.98 Å². The molecular formula is C18H18N2OS. The number of fused-ring (bicyclic) bond motifs is 2. The SMILES string of the molecule is O[C@@H]1Cc2ccccc2C[C@H]1NCc1nc2ccccc2s1. The molecule has 2 atom stereocenters. The van der Waals surface area contributed by atoms with Crippen LogP contribution in [-0.2, 0) is 19.4 Å². The Hall–Kier alpha value is -1.75. The second-order valence-electron chi connectivity index (χ2n) is 5.81. The predicted octanol–water partition coefficient (Wildman–Crippen LogP) is 2.91. The lowest BCUT2D eigenvalue weighted by atomic mass is 9.86. The minimum Gasteiger partial charge on any atom is -0.391 e. The highest BCUT2D eigenvalue weighted by Gasteiger charge is 2.26. The molecule has 0 amide bonds. The zero-order valence-corrected chi connectivity index (χ0v) is 13.0. The minimum atomic E-state index is -0.329. The Morgan fingerprint density at radius 2 is 1.77 bits per heavy atom. The van der Waals surface area contributed by atoms with E-state index in [1.165, 1.54) is 15.8 Å². The van der Waals surface area contributed by atoms with Crippen molar-refractivity contribution in [2.45, 2.75) is 31.5 Å². The summed E-state index contributed by atoms with van der Waals surface area (Å²) in [6.45, 7) is 0.712. The van der Waals surface area contributed by atoms with Gasteiger partial charge in [0, 0.05) is 19.0 Å². The summed E-state index contributed by atoms with van der Waals surface area (Å²) < 4.78 is 1.22. The van der Waals surface area contributed by atoms with Crippen molar-refractivity contribution in [3.8, 4) is 0 Å². The van der Waals surface area contributed by atoms with Gasteiger partial charge in [-0.1, -0.05) is 36.4 Å². The first-order valence-corrected chi connectivity index (χ1v) is 8.44. The first-order chi connectivity index (χ1) is 10.8. The number of aromatic nitrogens is 1. The van der Waals surface area contributed by atoms with E-state index in [1.54, 1.807) is 11.3 Å². The van der Waals surface area contributed by atoms with Crippen molar-refractivity contribution in [2.75, 3.05) is 0 Å². The summed E-state index contributed by atoms with van der Waals surface area (Å²) in [6, 6.07) is 16.7. The standard InChI is InChI=1S/C18H18N2OS/c21-16-10-13-6-2-1-5-12(13)9-15(16)19-11-18-20-14-7-3-4-8-17(14)22-18/h1-8,15-16,19,21H,9-11H2/t15-,16-/m1/s1. The van der Waals surface area contributed by atoms with Crippen LogP contribution in [0.3, 0.4) is 0 Å². The second kappa shape index (κ2) is 5.80. The molecule has 1 aromatic heterocycles. The summed E-state index contributed by atoms with van der Waals surface area (Å²) >= 11 is 1.72. The number of para-hydroxylation sites is 1. The van der Waals surface area contributed by atoms with Gasteiger partial charge in [-0.3, -0.25) is 0 Å². The monoisotopic (exact) mass is 310 g/mol. The number of rotatable bonds is 3. The van der Waals surface area contributed by atoms with Gasteiger partial charge in [0.05, 0.1) is 16.3 Å². The van der Waals surface area contributed by atoms with Crippen molar-refractivity contribution in [1.82, 2.24) is 10.3 Å². The van der Waals surface area contributed by atoms with Gasteiger partial charge in [-0.2, -0.15) is 0 Å². The molecule has 0 radical (unpaired) electrons. The van der Waals surface area contributed by atoms with E-state index in [9.17, 15) is 5.11 Å². The Labute approximate surface area is 133 Å². The molecule has 1 aliphatic rings. The van der Waals surface area contributed by atoms with Gasteiger partial charge < -0.3 is 10.4 Å². The van der Waals surface area contributed by atoms with Gasteiger partial charge in [0.2, 0.25) is 0 Å². The van der Waals surface area contributed by atoms with Crippen LogP contribution in [0.5, 0.6) is 0 Å². The van der Waals surface area contributed by atoms with Crippen molar-refractivity contribution in [3.05, 3.63) is 64.7 Å². The molecular weight excluding hydrogens is 292 g/mol. The highest BCUT2D eigenvalue weighted by molar-refractivity contribution is 7.18. The molecule has 0 saturated carbocycles. The summed E-state index contributed by atoms with van der Waals surface area (Å²) in [5.41, 5.74) is 3.67. The Morgan fingerprint density at radius 1 is 1.05 bits per heavy atom. The Kier molecular flexibility index (Phi) is 3.66. The molecule has 3 nitrogen and oxygen atoms in total. The second-order valence-corrected chi connectivity index (χ2v) is 6.92. The van der Waals surface area contributed by atoms with E-state index in [1.807, 2.05) is 24.3 Å². The fraction of sp³-hybridized carbons (Fsp3) is 0.278. The number of nitrogens with one attached hydrogen (secondary N) is 1. The zero-order valence-electron chi connectivity index (χ0n) is 12.2. The lowest BCUT2D eigenvalue weighted by Gasteiger charge is -2.30. The quantitative estimate of drug-likeness (QED) is 0.782. The maximum Gasteiger partial charge on any atom is 0.108 e. The maximum absolute atomic E-state index is 10.4. The summed E-state index contributed by atoms with van der Waals surface area (Å²) in [5, 5.41) is 14.9. The largest absolute Gasteiger partial charge is 0.391 e. The van der Waals surface area contributed by atoms with Crippen LogP contribution in [0.4, 0.5) is 0 Å². The molecule has 0 aliphatic heterocycles. The number of thiazole rings is 1. The van der Waals surface area contributed by atoms with E-state index in [4.69, 9.17) is 0 Å². The van der Waals surface area contributed by atoms with Gasteiger partial charge in [-0.05, 0) is 29.7 Å². The Bertz CT molecular complexity index is 765. The summed E-state index contributed by atoms with van der Waals surface area (Å²) in [7, 11) is 0.